The summed E-state index contributed by atoms with van der Waals surface area (Å²) in [5.74, 6) is 0.207. The van der Waals surface area contributed by atoms with Gasteiger partial charge >= 0.3 is 0 Å². The van der Waals surface area contributed by atoms with E-state index in [1.807, 2.05) is 18.0 Å². The summed E-state index contributed by atoms with van der Waals surface area (Å²) in [4.78, 5) is 2.01. The van der Waals surface area contributed by atoms with Crippen molar-refractivity contribution < 1.29 is 9.50 Å². The third kappa shape index (κ3) is 3.43. The SMILES string of the molecule is CCC(C)CN(C)c1cccc(F)c1C(C)O. The minimum atomic E-state index is -0.786. The number of halogens is 1. The molecular weight excluding hydrogens is 217 g/mol. The maximum absolute atomic E-state index is 13.7. The van der Waals surface area contributed by atoms with Gasteiger partial charge in [-0.15, -0.1) is 0 Å². The lowest BCUT2D eigenvalue weighted by Gasteiger charge is -2.26. The Morgan fingerprint density at radius 1 is 1.35 bits per heavy atom. The first kappa shape index (κ1) is 14.0. The predicted molar refractivity (Wildman–Crippen MR) is 69.8 cm³/mol. The van der Waals surface area contributed by atoms with E-state index in [1.54, 1.807) is 13.0 Å². The highest BCUT2D eigenvalue weighted by atomic mass is 19.1. The lowest BCUT2D eigenvalue weighted by Crippen LogP contribution is -2.25. The Kier molecular flexibility index (Phi) is 4.94. The van der Waals surface area contributed by atoms with E-state index in [4.69, 9.17) is 0 Å². The van der Waals surface area contributed by atoms with E-state index in [1.165, 1.54) is 6.07 Å². The molecule has 3 heteroatoms. The van der Waals surface area contributed by atoms with Gasteiger partial charge in [-0.3, -0.25) is 0 Å². The molecule has 1 rings (SSSR count). The van der Waals surface area contributed by atoms with Gasteiger partial charge in [-0.2, -0.15) is 0 Å². The van der Waals surface area contributed by atoms with Gasteiger partial charge in [0.05, 0.1) is 6.10 Å². The lowest BCUT2D eigenvalue weighted by atomic mass is 10.0. The first-order valence-corrected chi connectivity index (χ1v) is 6.15. The van der Waals surface area contributed by atoms with Crippen molar-refractivity contribution in [3.8, 4) is 0 Å². The molecule has 0 saturated carbocycles. The number of hydrogen-bond donors (Lipinski definition) is 1. The standard InChI is InChI=1S/C14H22FNO/c1-5-10(2)9-16(4)13-8-6-7-12(15)14(13)11(3)17/h6-8,10-11,17H,5,9H2,1-4H3. The molecule has 2 atom stereocenters. The Morgan fingerprint density at radius 2 is 2.00 bits per heavy atom. The van der Waals surface area contributed by atoms with Crippen LogP contribution in [0.2, 0.25) is 0 Å². The summed E-state index contributed by atoms with van der Waals surface area (Å²) in [6, 6.07) is 4.93. The number of hydrogen-bond acceptors (Lipinski definition) is 2. The third-order valence-electron chi connectivity index (χ3n) is 3.14. The van der Waals surface area contributed by atoms with Gasteiger partial charge in [0, 0.05) is 24.8 Å². The molecule has 17 heavy (non-hydrogen) atoms. The van der Waals surface area contributed by atoms with Crippen LogP contribution in [0, 0.1) is 11.7 Å². The fourth-order valence-electron chi connectivity index (χ4n) is 1.97. The summed E-state index contributed by atoms with van der Waals surface area (Å²) in [7, 11) is 1.94. The highest BCUT2D eigenvalue weighted by molar-refractivity contribution is 5.54. The number of nitrogens with zero attached hydrogens (tertiary/aromatic N) is 1. The van der Waals surface area contributed by atoms with Gasteiger partial charge < -0.3 is 10.0 Å². The number of benzene rings is 1. The molecule has 0 aliphatic carbocycles. The van der Waals surface area contributed by atoms with Crippen LogP contribution in [0.1, 0.15) is 38.9 Å². The fraction of sp³-hybridized carbons (Fsp3) is 0.571. The van der Waals surface area contributed by atoms with Crippen molar-refractivity contribution in [3.05, 3.63) is 29.6 Å². The van der Waals surface area contributed by atoms with E-state index in [0.717, 1.165) is 18.7 Å². The molecule has 0 heterocycles. The maximum Gasteiger partial charge on any atom is 0.131 e. The second-order valence-electron chi connectivity index (χ2n) is 4.74. The molecule has 96 valence electrons. The van der Waals surface area contributed by atoms with Crippen LogP contribution in [-0.4, -0.2) is 18.7 Å². The fourth-order valence-corrected chi connectivity index (χ4v) is 1.97. The summed E-state index contributed by atoms with van der Waals surface area (Å²) in [6.45, 7) is 6.76. The van der Waals surface area contributed by atoms with Crippen molar-refractivity contribution >= 4 is 5.69 Å². The monoisotopic (exact) mass is 239 g/mol. The Morgan fingerprint density at radius 3 is 2.53 bits per heavy atom. The Bertz CT molecular complexity index is 365. The van der Waals surface area contributed by atoms with Gasteiger partial charge in [0.1, 0.15) is 5.82 Å². The molecule has 0 spiro atoms. The van der Waals surface area contributed by atoms with Gasteiger partial charge in [0.15, 0.2) is 0 Å². The molecule has 0 aliphatic rings. The van der Waals surface area contributed by atoms with E-state index in [9.17, 15) is 9.50 Å². The first-order valence-electron chi connectivity index (χ1n) is 6.15. The molecule has 2 unspecified atom stereocenters. The van der Waals surface area contributed by atoms with Crippen molar-refractivity contribution in [2.75, 3.05) is 18.5 Å². The molecule has 0 amide bonds. The molecule has 0 fully saturated rings. The van der Waals surface area contributed by atoms with Crippen molar-refractivity contribution in [2.45, 2.75) is 33.3 Å². The summed E-state index contributed by atoms with van der Waals surface area (Å²) in [6.07, 6.45) is 0.300. The third-order valence-corrected chi connectivity index (χ3v) is 3.14. The van der Waals surface area contributed by atoms with Crippen LogP contribution in [0.5, 0.6) is 0 Å². The van der Waals surface area contributed by atoms with E-state index < -0.39 is 6.10 Å². The predicted octanol–water partition coefficient (Wildman–Crippen LogP) is 3.36. The van der Waals surface area contributed by atoms with Crippen LogP contribution in [-0.2, 0) is 0 Å². The second-order valence-corrected chi connectivity index (χ2v) is 4.74. The molecule has 0 bridgehead atoms. The first-order chi connectivity index (χ1) is 7.97. The highest BCUT2D eigenvalue weighted by Crippen LogP contribution is 2.28. The summed E-state index contributed by atoms with van der Waals surface area (Å²) < 4.78 is 13.7. The Hall–Kier alpha value is -1.09. The normalized spacial score (nSPS) is 14.5. The van der Waals surface area contributed by atoms with Crippen LogP contribution in [0.4, 0.5) is 10.1 Å². The number of rotatable bonds is 5. The zero-order valence-electron chi connectivity index (χ0n) is 11.1. The van der Waals surface area contributed by atoms with Crippen LogP contribution in [0.15, 0.2) is 18.2 Å². The van der Waals surface area contributed by atoms with E-state index >= 15 is 0 Å². The van der Waals surface area contributed by atoms with Gasteiger partial charge in [-0.05, 0) is 25.0 Å². The molecule has 0 saturated heterocycles. The minimum absolute atomic E-state index is 0.339. The van der Waals surface area contributed by atoms with Crippen molar-refractivity contribution in [1.29, 1.82) is 0 Å². The summed E-state index contributed by atoms with van der Waals surface area (Å²) in [5.41, 5.74) is 1.17. The molecule has 1 aromatic rings. The van der Waals surface area contributed by atoms with E-state index in [2.05, 4.69) is 13.8 Å². The molecule has 0 aromatic heterocycles. The Balaban J connectivity index is 3.00. The van der Waals surface area contributed by atoms with Crippen LogP contribution in [0.25, 0.3) is 0 Å². The topological polar surface area (TPSA) is 23.5 Å². The largest absolute Gasteiger partial charge is 0.389 e. The van der Waals surface area contributed by atoms with Gasteiger partial charge in [0.25, 0.3) is 0 Å². The molecule has 0 aliphatic heterocycles. The second kappa shape index (κ2) is 6.01. The van der Waals surface area contributed by atoms with Gasteiger partial charge in [-0.25, -0.2) is 4.39 Å². The smallest absolute Gasteiger partial charge is 0.131 e. The maximum atomic E-state index is 13.7. The van der Waals surface area contributed by atoms with E-state index in [0.29, 0.717) is 11.5 Å². The highest BCUT2D eigenvalue weighted by Gasteiger charge is 2.16. The molecular formula is C14H22FNO. The molecule has 1 N–H and O–H groups in total. The number of aliphatic hydroxyl groups excluding tert-OH is 1. The van der Waals surface area contributed by atoms with Gasteiger partial charge in [-0.1, -0.05) is 26.3 Å². The van der Waals surface area contributed by atoms with Crippen molar-refractivity contribution in [1.82, 2.24) is 0 Å². The van der Waals surface area contributed by atoms with Gasteiger partial charge in [0.2, 0.25) is 0 Å². The van der Waals surface area contributed by atoms with Crippen LogP contribution < -0.4 is 4.90 Å². The zero-order valence-corrected chi connectivity index (χ0v) is 11.1. The number of anilines is 1. The summed E-state index contributed by atoms with van der Waals surface area (Å²) >= 11 is 0. The molecule has 1 aromatic carbocycles. The molecule has 0 radical (unpaired) electrons. The average Bonchev–Trinajstić information content (AvgIpc) is 2.27. The number of aliphatic hydroxyl groups is 1. The molecule has 2 nitrogen and oxygen atoms in total. The average molecular weight is 239 g/mol. The van der Waals surface area contributed by atoms with Crippen LogP contribution >= 0.6 is 0 Å². The minimum Gasteiger partial charge on any atom is -0.389 e. The lowest BCUT2D eigenvalue weighted by molar-refractivity contribution is 0.194. The zero-order chi connectivity index (χ0) is 13.0. The van der Waals surface area contributed by atoms with E-state index in [-0.39, 0.29) is 5.82 Å². The Labute approximate surface area is 103 Å². The van der Waals surface area contributed by atoms with Crippen molar-refractivity contribution in [3.63, 3.8) is 0 Å². The van der Waals surface area contributed by atoms with Crippen molar-refractivity contribution in [2.24, 2.45) is 5.92 Å². The summed E-state index contributed by atoms with van der Waals surface area (Å²) in [5, 5.41) is 9.66. The van der Waals surface area contributed by atoms with Crippen LogP contribution in [0.3, 0.4) is 0 Å². The quantitative estimate of drug-likeness (QED) is 0.851.